The van der Waals surface area contributed by atoms with Gasteiger partial charge in [-0.05, 0) is 44.0 Å². The zero-order valence-electron chi connectivity index (χ0n) is 12.1. The number of nitrogens with zero attached hydrogens (tertiary/aromatic N) is 1. The van der Waals surface area contributed by atoms with Crippen molar-refractivity contribution in [1.82, 2.24) is 0 Å². The molecule has 0 heterocycles. The molecule has 4 aromatic rings. The van der Waals surface area contributed by atoms with E-state index in [9.17, 15) is 4.79 Å². The first-order chi connectivity index (χ1) is 11.2. The van der Waals surface area contributed by atoms with Gasteiger partial charge in [0, 0.05) is 0 Å². The summed E-state index contributed by atoms with van der Waals surface area (Å²) in [5.41, 5.74) is 0.476. The molecule has 0 bridgehead atoms. The summed E-state index contributed by atoms with van der Waals surface area (Å²) in [6.07, 6.45) is 1.45. The second-order valence-electron chi connectivity index (χ2n) is 5.46. The van der Waals surface area contributed by atoms with Crippen molar-refractivity contribution in [2.75, 3.05) is 0 Å². The van der Waals surface area contributed by atoms with Crippen LogP contribution in [0.4, 0.5) is 0 Å². The third-order valence-electron chi connectivity index (χ3n) is 4.19. The van der Waals surface area contributed by atoms with Gasteiger partial charge < -0.3 is 5.11 Å². The number of carbonyl (C=O) groups is 1. The van der Waals surface area contributed by atoms with Crippen molar-refractivity contribution in [3.05, 3.63) is 77.3 Å². The van der Waals surface area contributed by atoms with Crippen LogP contribution in [0.1, 0.15) is 5.56 Å². The fourth-order valence-corrected chi connectivity index (χ4v) is 3.17. The Balaban J connectivity index is 2.16. The third kappa shape index (κ3) is 1.93. The highest BCUT2D eigenvalue weighted by molar-refractivity contribution is 6.24. The summed E-state index contributed by atoms with van der Waals surface area (Å²) < 4.78 is 0. The van der Waals surface area contributed by atoms with Gasteiger partial charge >= 0.3 is 5.97 Å². The van der Waals surface area contributed by atoms with Crippen LogP contribution >= 0.6 is 0 Å². The first-order valence-corrected chi connectivity index (χ1v) is 7.18. The number of hydrogen-bond donors (Lipinski definition) is 1. The quantitative estimate of drug-likeness (QED) is 0.324. The number of aliphatic carboxylic acids is 1. The van der Waals surface area contributed by atoms with E-state index in [1.165, 1.54) is 11.5 Å². The number of carboxylic acids is 1. The highest BCUT2D eigenvalue weighted by Crippen LogP contribution is 2.36. The van der Waals surface area contributed by atoms with Crippen molar-refractivity contribution in [3.63, 3.8) is 0 Å². The lowest BCUT2D eigenvalue weighted by Gasteiger charge is -2.12. The molecule has 0 atom stereocenters. The van der Waals surface area contributed by atoms with Gasteiger partial charge in [0.05, 0.1) is 6.57 Å². The van der Waals surface area contributed by atoms with Crippen LogP contribution in [0.25, 0.3) is 43.2 Å². The van der Waals surface area contributed by atoms with E-state index in [-0.39, 0.29) is 5.70 Å². The van der Waals surface area contributed by atoms with Gasteiger partial charge in [-0.15, -0.1) is 0 Å². The van der Waals surface area contributed by atoms with E-state index < -0.39 is 5.97 Å². The lowest BCUT2D eigenvalue weighted by Crippen LogP contribution is -1.96. The Bertz CT molecular complexity index is 1130. The van der Waals surface area contributed by atoms with E-state index in [1.807, 2.05) is 30.3 Å². The molecule has 3 nitrogen and oxygen atoms in total. The first kappa shape index (κ1) is 13.3. The van der Waals surface area contributed by atoms with Gasteiger partial charge in [0.25, 0.3) is 5.70 Å². The molecule has 0 saturated heterocycles. The van der Waals surface area contributed by atoms with Crippen LogP contribution in [-0.4, -0.2) is 11.1 Å². The summed E-state index contributed by atoms with van der Waals surface area (Å²) in [6, 6.07) is 18.2. The molecule has 0 saturated carbocycles. The minimum Gasteiger partial charge on any atom is -0.486 e. The zero-order valence-corrected chi connectivity index (χ0v) is 12.1. The molecule has 0 radical (unpaired) electrons. The van der Waals surface area contributed by atoms with E-state index in [4.69, 9.17) is 11.7 Å². The molecule has 0 spiro atoms. The Morgan fingerprint density at radius 1 is 0.913 bits per heavy atom. The van der Waals surface area contributed by atoms with Crippen LogP contribution in [0.15, 0.2) is 60.3 Å². The minimum absolute atomic E-state index is 0.278. The van der Waals surface area contributed by atoms with Crippen molar-refractivity contribution in [2.24, 2.45) is 0 Å². The van der Waals surface area contributed by atoms with Gasteiger partial charge in [-0.25, -0.2) is 4.85 Å². The molecule has 0 unspecified atom stereocenters. The molecule has 108 valence electrons. The van der Waals surface area contributed by atoms with Crippen LogP contribution in [0.2, 0.25) is 0 Å². The monoisotopic (exact) mass is 297 g/mol. The van der Waals surface area contributed by atoms with E-state index in [2.05, 4.69) is 29.1 Å². The van der Waals surface area contributed by atoms with E-state index in [0.717, 1.165) is 32.5 Å². The van der Waals surface area contributed by atoms with Crippen molar-refractivity contribution >= 4 is 44.4 Å². The number of hydrogen-bond acceptors (Lipinski definition) is 1. The van der Waals surface area contributed by atoms with Crippen molar-refractivity contribution in [2.45, 2.75) is 0 Å². The highest BCUT2D eigenvalue weighted by Gasteiger charge is 2.12. The van der Waals surface area contributed by atoms with Gasteiger partial charge in [-0.3, -0.25) is 4.79 Å². The molecule has 4 rings (SSSR count). The van der Waals surface area contributed by atoms with Crippen molar-refractivity contribution in [1.29, 1.82) is 0 Å². The van der Waals surface area contributed by atoms with Crippen molar-refractivity contribution < 1.29 is 9.90 Å². The number of carboxylic acid groups (broad SMARTS) is 1. The molecule has 1 N–H and O–H groups in total. The summed E-state index contributed by atoms with van der Waals surface area (Å²) in [7, 11) is 0. The molecule has 0 amide bonds. The molecule has 0 aliphatic carbocycles. The summed E-state index contributed by atoms with van der Waals surface area (Å²) in [4.78, 5) is 14.2. The van der Waals surface area contributed by atoms with Crippen LogP contribution in [0.3, 0.4) is 0 Å². The molecular weight excluding hydrogens is 286 g/mol. The molecule has 23 heavy (non-hydrogen) atoms. The average Bonchev–Trinajstić information content (AvgIpc) is 2.58. The number of benzene rings is 4. The fourth-order valence-electron chi connectivity index (χ4n) is 3.17. The Kier molecular flexibility index (Phi) is 2.79. The largest absolute Gasteiger partial charge is 0.486 e. The van der Waals surface area contributed by atoms with Crippen LogP contribution in [0, 0.1) is 6.57 Å². The lowest BCUT2D eigenvalue weighted by molar-refractivity contribution is -0.132. The molecule has 4 aromatic carbocycles. The smallest absolute Gasteiger partial charge is 0.333 e. The van der Waals surface area contributed by atoms with Crippen LogP contribution in [-0.2, 0) is 4.79 Å². The van der Waals surface area contributed by atoms with Crippen LogP contribution < -0.4 is 0 Å². The van der Waals surface area contributed by atoms with Gasteiger partial charge in [0.15, 0.2) is 0 Å². The van der Waals surface area contributed by atoms with Gasteiger partial charge in [0.1, 0.15) is 0 Å². The molecule has 0 aromatic heterocycles. The summed E-state index contributed by atoms with van der Waals surface area (Å²) in [6.45, 7) is 7.03. The Labute approximate surface area is 132 Å². The maximum absolute atomic E-state index is 11.1. The van der Waals surface area contributed by atoms with Crippen LogP contribution in [0.5, 0.6) is 0 Å². The average molecular weight is 297 g/mol. The second-order valence-corrected chi connectivity index (χ2v) is 5.46. The predicted octanol–water partition coefficient (Wildman–Crippen LogP) is 4.93. The minimum atomic E-state index is -1.20. The third-order valence-corrected chi connectivity index (χ3v) is 4.19. The maximum atomic E-state index is 11.1. The van der Waals surface area contributed by atoms with Gasteiger partial charge in [0.2, 0.25) is 0 Å². The fraction of sp³-hybridized carbons (Fsp3) is 0. The molecule has 0 aliphatic heterocycles. The lowest BCUT2D eigenvalue weighted by atomic mass is 9.92. The summed E-state index contributed by atoms with van der Waals surface area (Å²) in [5.74, 6) is -1.20. The van der Waals surface area contributed by atoms with E-state index >= 15 is 0 Å². The van der Waals surface area contributed by atoms with E-state index in [0.29, 0.717) is 0 Å². The van der Waals surface area contributed by atoms with Gasteiger partial charge in [-0.1, -0.05) is 54.6 Å². The van der Waals surface area contributed by atoms with Crippen molar-refractivity contribution in [3.8, 4) is 0 Å². The summed E-state index contributed by atoms with van der Waals surface area (Å²) in [5, 5.41) is 15.8. The topological polar surface area (TPSA) is 41.7 Å². The van der Waals surface area contributed by atoms with Gasteiger partial charge in [-0.2, -0.15) is 0 Å². The summed E-state index contributed by atoms with van der Waals surface area (Å²) >= 11 is 0. The van der Waals surface area contributed by atoms with E-state index in [1.54, 1.807) is 0 Å². The maximum Gasteiger partial charge on any atom is 0.333 e. The number of rotatable bonds is 2. The SMILES string of the molecule is [C-]#[N+]C(=Cc1ccc2ccc3cccc4ccc1c2c34)C(=O)O. The Morgan fingerprint density at radius 2 is 1.52 bits per heavy atom. The predicted molar refractivity (Wildman–Crippen MR) is 92.4 cm³/mol. The molecule has 0 aliphatic rings. The normalized spacial score (nSPS) is 12.0. The zero-order chi connectivity index (χ0) is 16.0. The first-order valence-electron chi connectivity index (χ1n) is 7.18. The second kappa shape index (κ2) is 4.82. The Hall–Kier alpha value is -3.38. The standard InChI is InChI=1S/C20H11NO2/c1-21-17(20(22)23)11-15-8-7-14-6-5-12-3-2-4-13-9-10-16(15)19(14)18(12)13/h2-11H,(H,22,23). The molecule has 0 fully saturated rings. The highest BCUT2D eigenvalue weighted by atomic mass is 16.4. The Morgan fingerprint density at radius 3 is 2.17 bits per heavy atom. The molecular formula is C20H11NO2. The molecule has 3 heteroatoms.